The van der Waals surface area contributed by atoms with Gasteiger partial charge in [0.1, 0.15) is 12.4 Å². The average Bonchev–Trinajstić information content (AvgIpc) is 2.31. The topological polar surface area (TPSA) is 62.6 Å². The standard InChI is InChI=1S/C15H21ClFN3O2/c1-15(2,3)19-14(22)18-13(21)9-20(4)8-10-11(16)6-5-7-12(10)17/h5-7H,8-9H2,1-4H3,(H2,18,19,21,22)/p+1. The van der Waals surface area contributed by atoms with Crippen molar-refractivity contribution in [3.05, 3.63) is 34.6 Å². The number of carbonyl (C=O) groups excluding carboxylic acids is 2. The van der Waals surface area contributed by atoms with Crippen molar-refractivity contribution in [2.75, 3.05) is 13.6 Å². The Labute approximate surface area is 134 Å². The van der Waals surface area contributed by atoms with Gasteiger partial charge in [0.05, 0.1) is 17.6 Å². The Morgan fingerprint density at radius 3 is 2.50 bits per heavy atom. The van der Waals surface area contributed by atoms with Crippen LogP contribution < -0.4 is 15.5 Å². The summed E-state index contributed by atoms with van der Waals surface area (Å²) < 4.78 is 13.7. The first-order valence-electron chi connectivity index (χ1n) is 6.94. The van der Waals surface area contributed by atoms with Gasteiger partial charge in [0.2, 0.25) is 0 Å². The summed E-state index contributed by atoms with van der Waals surface area (Å²) in [6.07, 6.45) is 0. The van der Waals surface area contributed by atoms with E-state index in [2.05, 4.69) is 10.6 Å². The molecule has 0 aliphatic heterocycles. The van der Waals surface area contributed by atoms with Crippen molar-refractivity contribution >= 4 is 23.5 Å². The molecule has 1 unspecified atom stereocenters. The lowest BCUT2D eigenvalue weighted by molar-refractivity contribution is -0.885. The highest BCUT2D eigenvalue weighted by molar-refractivity contribution is 6.31. The van der Waals surface area contributed by atoms with E-state index >= 15 is 0 Å². The molecule has 0 bridgehead atoms. The number of benzene rings is 1. The van der Waals surface area contributed by atoms with Crippen LogP contribution in [0, 0.1) is 5.82 Å². The fourth-order valence-corrected chi connectivity index (χ4v) is 2.11. The molecule has 0 saturated carbocycles. The lowest BCUT2D eigenvalue weighted by atomic mass is 10.1. The number of amides is 3. The molecule has 3 amide bonds. The van der Waals surface area contributed by atoms with Gasteiger partial charge in [-0.25, -0.2) is 9.18 Å². The smallest absolute Gasteiger partial charge is 0.322 e. The van der Waals surface area contributed by atoms with E-state index in [1.807, 2.05) is 20.8 Å². The zero-order valence-electron chi connectivity index (χ0n) is 13.2. The van der Waals surface area contributed by atoms with Crippen molar-refractivity contribution in [2.24, 2.45) is 0 Å². The van der Waals surface area contributed by atoms with Gasteiger partial charge in [-0.05, 0) is 32.9 Å². The zero-order chi connectivity index (χ0) is 16.9. The molecule has 0 fully saturated rings. The molecule has 22 heavy (non-hydrogen) atoms. The third kappa shape index (κ3) is 6.41. The van der Waals surface area contributed by atoms with Crippen LogP contribution in [0.3, 0.4) is 0 Å². The van der Waals surface area contributed by atoms with Crippen LogP contribution in [0.2, 0.25) is 5.02 Å². The molecule has 0 radical (unpaired) electrons. The first-order valence-corrected chi connectivity index (χ1v) is 7.32. The largest absolute Gasteiger partial charge is 0.333 e. The fourth-order valence-electron chi connectivity index (χ4n) is 1.88. The van der Waals surface area contributed by atoms with Crippen LogP contribution in [0.15, 0.2) is 18.2 Å². The number of halogens is 2. The van der Waals surface area contributed by atoms with Crippen molar-refractivity contribution in [1.82, 2.24) is 10.6 Å². The minimum Gasteiger partial charge on any atom is -0.333 e. The number of quaternary nitrogens is 1. The van der Waals surface area contributed by atoms with Crippen molar-refractivity contribution < 1.29 is 18.9 Å². The number of urea groups is 1. The SMILES string of the molecule is C[NH+](CC(=O)NC(=O)NC(C)(C)C)Cc1c(F)cccc1Cl. The van der Waals surface area contributed by atoms with Crippen LogP contribution >= 0.6 is 11.6 Å². The van der Waals surface area contributed by atoms with Crippen molar-refractivity contribution in [2.45, 2.75) is 32.9 Å². The van der Waals surface area contributed by atoms with E-state index in [9.17, 15) is 14.0 Å². The van der Waals surface area contributed by atoms with E-state index in [0.29, 0.717) is 15.5 Å². The lowest BCUT2D eigenvalue weighted by Gasteiger charge is -2.20. The summed E-state index contributed by atoms with van der Waals surface area (Å²) in [6.45, 7) is 5.72. The van der Waals surface area contributed by atoms with Gasteiger partial charge in [0, 0.05) is 5.54 Å². The Balaban J connectivity index is 2.53. The zero-order valence-corrected chi connectivity index (χ0v) is 14.0. The fraction of sp³-hybridized carbons (Fsp3) is 0.467. The molecule has 1 aromatic carbocycles. The number of likely N-dealkylation sites (N-methyl/N-ethyl adjacent to an activating group) is 1. The van der Waals surface area contributed by atoms with E-state index in [1.54, 1.807) is 13.1 Å². The van der Waals surface area contributed by atoms with Gasteiger partial charge in [-0.2, -0.15) is 0 Å². The maximum Gasteiger partial charge on any atom is 0.322 e. The van der Waals surface area contributed by atoms with Gasteiger partial charge in [-0.15, -0.1) is 0 Å². The van der Waals surface area contributed by atoms with Crippen molar-refractivity contribution in [3.8, 4) is 0 Å². The molecular formula is C15H22ClFN3O2+. The maximum absolute atomic E-state index is 13.7. The van der Waals surface area contributed by atoms with Crippen LogP contribution in [0.5, 0.6) is 0 Å². The van der Waals surface area contributed by atoms with Gasteiger partial charge in [-0.1, -0.05) is 17.7 Å². The molecule has 0 aliphatic rings. The van der Waals surface area contributed by atoms with Crippen LogP contribution in [0.1, 0.15) is 26.3 Å². The Bertz CT molecular complexity index is 538. The molecule has 122 valence electrons. The quantitative estimate of drug-likeness (QED) is 0.774. The van der Waals surface area contributed by atoms with E-state index in [4.69, 9.17) is 11.6 Å². The van der Waals surface area contributed by atoms with Crippen LogP contribution in [0.25, 0.3) is 0 Å². The molecule has 1 aromatic rings. The Kier molecular flexibility index (Phi) is 6.32. The second-order valence-corrected chi connectivity index (χ2v) is 6.67. The normalized spacial score (nSPS) is 12.6. The Morgan fingerprint density at radius 1 is 1.32 bits per heavy atom. The molecule has 0 spiro atoms. The second kappa shape index (κ2) is 7.56. The molecule has 1 atom stereocenters. The highest BCUT2D eigenvalue weighted by atomic mass is 35.5. The van der Waals surface area contributed by atoms with Crippen molar-refractivity contribution in [1.29, 1.82) is 0 Å². The molecule has 5 nitrogen and oxygen atoms in total. The number of hydrogen-bond acceptors (Lipinski definition) is 2. The Morgan fingerprint density at radius 2 is 1.95 bits per heavy atom. The van der Waals surface area contributed by atoms with E-state index in [0.717, 1.165) is 0 Å². The lowest BCUT2D eigenvalue weighted by Crippen LogP contribution is -3.09. The van der Waals surface area contributed by atoms with Crippen LogP contribution in [-0.4, -0.2) is 31.1 Å². The first kappa shape index (κ1) is 18.4. The van der Waals surface area contributed by atoms with E-state index in [-0.39, 0.29) is 13.1 Å². The monoisotopic (exact) mass is 330 g/mol. The molecule has 1 rings (SSSR count). The highest BCUT2D eigenvalue weighted by Gasteiger charge is 2.19. The summed E-state index contributed by atoms with van der Waals surface area (Å²) in [5.41, 5.74) is -0.0716. The van der Waals surface area contributed by atoms with Gasteiger partial charge in [-0.3, -0.25) is 10.1 Å². The maximum atomic E-state index is 13.7. The summed E-state index contributed by atoms with van der Waals surface area (Å²) in [4.78, 5) is 24.1. The van der Waals surface area contributed by atoms with Gasteiger partial charge >= 0.3 is 6.03 Å². The van der Waals surface area contributed by atoms with Crippen molar-refractivity contribution in [3.63, 3.8) is 0 Å². The predicted octanol–water partition coefficient (Wildman–Crippen LogP) is 1.12. The summed E-state index contributed by atoms with van der Waals surface area (Å²) in [5, 5.41) is 5.20. The molecule has 7 heteroatoms. The van der Waals surface area contributed by atoms with E-state index < -0.39 is 23.3 Å². The van der Waals surface area contributed by atoms with E-state index in [1.165, 1.54) is 12.1 Å². The number of rotatable bonds is 4. The number of hydrogen-bond donors (Lipinski definition) is 3. The predicted molar refractivity (Wildman–Crippen MR) is 83.3 cm³/mol. The summed E-state index contributed by atoms with van der Waals surface area (Å²) >= 11 is 5.95. The van der Waals surface area contributed by atoms with Gasteiger partial charge in [0.15, 0.2) is 6.54 Å². The highest BCUT2D eigenvalue weighted by Crippen LogP contribution is 2.17. The first-order chi connectivity index (χ1) is 10.1. The minimum atomic E-state index is -0.547. The second-order valence-electron chi connectivity index (χ2n) is 6.26. The van der Waals surface area contributed by atoms with Crippen LogP contribution in [-0.2, 0) is 11.3 Å². The van der Waals surface area contributed by atoms with Crippen LogP contribution in [0.4, 0.5) is 9.18 Å². The molecular weight excluding hydrogens is 309 g/mol. The molecule has 3 N–H and O–H groups in total. The van der Waals surface area contributed by atoms with Gasteiger partial charge in [0.25, 0.3) is 5.91 Å². The third-order valence-electron chi connectivity index (χ3n) is 2.74. The summed E-state index contributed by atoms with van der Waals surface area (Å²) in [7, 11) is 1.73. The third-order valence-corrected chi connectivity index (χ3v) is 3.10. The molecule has 0 heterocycles. The average molecular weight is 331 g/mol. The number of nitrogens with one attached hydrogen (secondary N) is 3. The summed E-state index contributed by atoms with van der Waals surface area (Å²) in [6, 6.07) is 3.91. The molecule has 0 saturated heterocycles. The summed E-state index contributed by atoms with van der Waals surface area (Å²) in [5.74, 6) is -0.843. The molecule has 0 aliphatic carbocycles. The molecule has 0 aromatic heterocycles. The Hall–Kier alpha value is -1.66. The minimum absolute atomic E-state index is 0.0300. The van der Waals surface area contributed by atoms with Gasteiger partial charge < -0.3 is 10.2 Å². The number of carbonyl (C=O) groups is 2. The number of imide groups is 1.